The summed E-state index contributed by atoms with van der Waals surface area (Å²) < 4.78 is 11.5. The average molecular weight is 404 g/mol. The molecule has 2 rings (SSSR count). The van der Waals surface area contributed by atoms with Gasteiger partial charge in [-0.15, -0.1) is 6.58 Å². The molecular weight excluding hydrogens is 380 g/mol. The van der Waals surface area contributed by atoms with Gasteiger partial charge in [-0.1, -0.05) is 18.7 Å². The first-order valence-electron chi connectivity index (χ1n) is 9.38. The molecular formula is C24H24N2O4. The zero-order chi connectivity index (χ0) is 21.9. The van der Waals surface area contributed by atoms with Gasteiger partial charge in [-0.3, -0.25) is 4.79 Å². The number of ether oxygens (including phenoxy) is 2. The topological polar surface area (TPSA) is 91.6 Å². The van der Waals surface area contributed by atoms with Crippen LogP contribution in [0.4, 0.5) is 5.69 Å². The maximum atomic E-state index is 12.5. The standard InChI is InChI=1S/C24H24N2O4/c1-4-7-18-13-17(15-22(29-6-3)23(18)30-12-5-2)14-19(16-25)24(28)26-20-8-10-21(27)11-9-20/h4-5,8-11,13-15,27H,1-2,6-7,12H2,3H3,(H,26,28)/b19-14+. The van der Waals surface area contributed by atoms with E-state index in [1.807, 2.05) is 19.1 Å². The second kappa shape index (κ2) is 11.1. The zero-order valence-electron chi connectivity index (χ0n) is 16.9. The maximum absolute atomic E-state index is 12.5. The van der Waals surface area contributed by atoms with Crippen molar-refractivity contribution in [1.29, 1.82) is 5.26 Å². The third kappa shape index (κ3) is 6.01. The van der Waals surface area contributed by atoms with E-state index in [9.17, 15) is 15.2 Å². The lowest BCUT2D eigenvalue weighted by molar-refractivity contribution is -0.112. The number of phenolic OH excluding ortho intramolecular Hbond substituents is 1. The highest BCUT2D eigenvalue weighted by atomic mass is 16.5. The predicted molar refractivity (Wildman–Crippen MR) is 118 cm³/mol. The van der Waals surface area contributed by atoms with Gasteiger partial charge in [-0.25, -0.2) is 0 Å². The first-order valence-corrected chi connectivity index (χ1v) is 9.38. The van der Waals surface area contributed by atoms with E-state index in [1.165, 1.54) is 18.2 Å². The van der Waals surface area contributed by atoms with Crippen molar-refractivity contribution in [1.82, 2.24) is 0 Å². The Kier molecular flexibility index (Phi) is 8.27. The van der Waals surface area contributed by atoms with Crippen LogP contribution >= 0.6 is 0 Å². The SMILES string of the molecule is C=CCOc1c(CC=C)cc(/C=C(\C#N)C(=O)Nc2ccc(O)cc2)cc1OCC. The lowest BCUT2D eigenvalue weighted by Gasteiger charge is -2.16. The molecule has 2 aromatic carbocycles. The van der Waals surface area contributed by atoms with Gasteiger partial charge in [0.15, 0.2) is 11.5 Å². The highest BCUT2D eigenvalue weighted by Gasteiger charge is 2.15. The summed E-state index contributed by atoms with van der Waals surface area (Å²) in [6.07, 6.45) is 5.39. The molecule has 0 bridgehead atoms. The molecule has 0 aromatic heterocycles. The Hall–Kier alpha value is -3.98. The molecule has 1 amide bonds. The van der Waals surface area contributed by atoms with Crippen molar-refractivity contribution in [2.45, 2.75) is 13.3 Å². The number of allylic oxidation sites excluding steroid dienone is 1. The molecule has 2 N–H and O–H groups in total. The minimum absolute atomic E-state index is 0.0742. The lowest BCUT2D eigenvalue weighted by atomic mass is 10.0. The van der Waals surface area contributed by atoms with Crippen LogP contribution in [0.5, 0.6) is 17.2 Å². The molecule has 0 radical (unpaired) electrons. The van der Waals surface area contributed by atoms with Crippen molar-refractivity contribution in [3.05, 3.63) is 78.4 Å². The number of aromatic hydroxyl groups is 1. The van der Waals surface area contributed by atoms with Crippen molar-refractivity contribution in [2.24, 2.45) is 0 Å². The molecule has 0 aliphatic carbocycles. The summed E-state index contributed by atoms with van der Waals surface area (Å²) in [5, 5.41) is 21.5. The van der Waals surface area contributed by atoms with E-state index in [2.05, 4.69) is 18.5 Å². The van der Waals surface area contributed by atoms with E-state index in [0.29, 0.717) is 42.4 Å². The minimum atomic E-state index is -0.557. The molecule has 6 nitrogen and oxygen atoms in total. The van der Waals surface area contributed by atoms with E-state index in [4.69, 9.17) is 9.47 Å². The van der Waals surface area contributed by atoms with Crippen LogP contribution in [0.3, 0.4) is 0 Å². The molecule has 0 saturated carbocycles. The fraction of sp³-hybridized carbons (Fsp3) is 0.167. The number of carbonyl (C=O) groups is 1. The Morgan fingerprint density at radius 2 is 1.93 bits per heavy atom. The van der Waals surface area contributed by atoms with Crippen molar-refractivity contribution in [3.63, 3.8) is 0 Å². The van der Waals surface area contributed by atoms with Crippen LogP contribution < -0.4 is 14.8 Å². The van der Waals surface area contributed by atoms with Gasteiger partial charge in [0, 0.05) is 11.3 Å². The van der Waals surface area contributed by atoms with E-state index in [1.54, 1.807) is 30.4 Å². The smallest absolute Gasteiger partial charge is 0.266 e. The third-order valence-corrected chi connectivity index (χ3v) is 3.96. The number of carbonyl (C=O) groups excluding carboxylic acids is 1. The van der Waals surface area contributed by atoms with Crippen LogP contribution in [0.25, 0.3) is 6.08 Å². The van der Waals surface area contributed by atoms with Crippen LogP contribution in [0.1, 0.15) is 18.1 Å². The van der Waals surface area contributed by atoms with Crippen molar-refractivity contribution in [2.75, 3.05) is 18.5 Å². The molecule has 0 heterocycles. The molecule has 0 saturated heterocycles. The van der Waals surface area contributed by atoms with Crippen molar-refractivity contribution in [3.8, 4) is 23.3 Å². The Bertz CT molecular complexity index is 986. The first kappa shape index (κ1) is 22.3. The summed E-state index contributed by atoms with van der Waals surface area (Å²) in [6, 6.07) is 11.5. The fourth-order valence-corrected chi connectivity index (χ4v) is 2.70. The number of hydrogen-bond acceptors (Lipinski definition) is 5. The second-order valence-corrected chi connectivity index (χ2v) is 6.20. The summed E-state index contributed by atoms with van der Waals surface area (Å²) in [4.78, 5) is 12.5. The van der Waals surface area contributed by atoms with Gasteiger partial charge in [0.2, 0.25) is 0 Å². The molecule has 0 fully saturated rings. The zero-order valence-corrected chi connectivity index (χ0v) is 16.9. The molecule has 0 aliphatic heterocycles. The largest absolute Gasteiger partial charge is 0.508 e. The number of phenols is 1. The van der Waals surface area contributed by atoms with E-state index >= 15 is 0 Å². The van der Waals surface area contributed by atoms with E-state index in [-0.39, 0.29) is 11.3 Å². The first-order chi connectivity index (χ1) is 14.5. The van der Waals surface area contributed by atoms with Gasteiger partial charge in [0.05, 0.1) is 6.61 Å². The van der Waals surface area contributed by atoms with Crippen molar-refractivity contribution < 1.29 is 19.4 Å². The van der Waals surface area contributed by atoms with Crippen molar-refractivity contribution >= 4 is 17.7 Å². The van der Waals surface area contributed by atoms with E-state index in [0.717, 1.165) is 5.56 Å². The number of rotatable bonds is 10. The second-order valence-electron chi connectivity index (χ2n) is 6.20. The Morgan fingerprint density at radius 1 is 1.20 bits per heavy atom. The predicted octanol–water partition coefficient (Wildman–Crippen LogP) is 4.63. The van der Waals surface area contributed by atoms with Gasteiger partial charge < -0.3 is 19.9 Å². The summed E-state index contributed by atoms with van der Waals surface area (Å²) in [5.74, 6) is 0.626. The normalized spacial score (nSPS) is 10.6. The monoisotopic (exact) mass is 404 g/mol. The average Bonchev–Trinajstić information content (AvgIpc) is 2.73. The number of anilines is 1. The Balaban J connectivity index is 2.40. The van der Waals surface area contributed by atoms with Gasteiger partial charge in [0.25, 0.3) is 5.91 Å². The number of amides is 1. The van der Waals surface area contributed by atoms with Gasteiger partial charge in [-0.05, 0) is 61.4 Å². The van der Waals surface area contributed by atoms with Crippen LogP contribution in [0.2, 0.25) is 0 Å². The molecule has 0 aliphatic rings. The molecule has 0 atom stereocenters. The van der Waals surface area contributed by atoms with Crippen LogP contribution in [-0.4, -0.2) is 24.2 Å². The van der Waals surface area contributed by atoms with E-state index < -0.39 is 5.91 Å². The molecule has 0 spiro atoms. The number of nitriles is 1. The molecule has 154 valence electrons. The maximum Gasteiger partial charge on any atom is 0.266 e. The molecule has 0 unspecified atom stereocenters. The van der Waals surface area contributed by atoms with Gasteiger partial charge >= 0.3 is 0 Å². The number of hydrogen-bond donors (Lipinski definition) is 2. The quantitative estimate of drug-likeness (QED) is 0.261. The number of nitrogens with zero attached hydrogens (tertiary/aromatic N) is 1. The fourth-order valence-electron chi connectivity index (χ4n) is 2.70. The summed E-state index contributed by atoms with van der Waals surface area (Å²) in [5.41, 5.74) is 1.84. The number of nitrogens with one attached hydrogen (secondary N) is 1. The Labute approximate surface area is 176 Å². The molecule has 6 heteroatoms. The van der Waals surface area contributed by atoms with Crippen LogP contribution in [0.15, 0.2) is 67.3 Å². The highest BCUT2D eigenvalue weighted by molar-refractivity contribution is 6.09. The molecule has 2 aromatic rings. The van der Waals surface area contributed by atoms with Gasteiger partial charge in [-0.2, -0.15) is 5.26 Å². The summed E-state index contributed by atoms with van der Waals surface area (Å²) in [7, 11) is 0. The highest BCUT2D eigenvalue weighted by Crippen LogP contribution is 2.34. The minimum Gasteiger partial charge on any atom is -0.508 e. The van der Waals surface area contributed by atoms with Crippen LogP contribution in [0, 0.1) is 11.3 Å². The summed E-state index contributed by atoms with van der Waals surface area (Å²) >= 11 is 0. The third-order valence-electron chi connectivity index (χ3n) is 3.96. The van der Waals surface area contributed by atoms with Crippen LogP contribution in [-0.2, 0) is 11.2 Å². The summed E-state index contributed by atoms with van der Waals surface area (Å²) in [6.45, 7) is 10.0. The lowest BCUT2D eigenvalue weighted by Crippen LogP contribution is -2.13. The molecule has 30 heavy (non-hydrogen) atoms. The number of benzene rings is 2. The van der Waals surface area contributed by atoms with Gasteiger partial charge in [0.1, 0.15) is 24.0 Å². The Morgan fingerprint density at radius 3 is 2.53 bits per heavy atom.